The van der Waals surface area contributed by atoms with E-state index in [4.69, 9.17) is 9.47 Å². The number of thiazole rings is 1. The maximum absolute atomic E-state index is 11.9. The van der Waals surface area contributed by atoms with Crippen molar-refractivity contribution in [2.75, 3.05) is 0 Å². The summed E-state index contributed by atoms with van der Waals surface area (Å²) in [4.78, 5) is 19.8. The van der Waals surface area contributed by atoms with Gasteiger partial charge in [0.05, 0.1) is 5.56 Å². The van der Waals surface area contributed by atoms with E-state index in [9.17, 15) is 4.79 Å². The minimum atomic E-state index is -0.448. The zero-order valence-corrected chi connectivity index (χ0v) is 11.6. The molecule has 0 amide bonds. The van der Waals surface area contributed by atoms with Gasteiger partial charge < -0.3 is 9.47 Å². The minimum Gasteiger partial charge on any atom is -0.431 e. The highest BCUT2D eigenvalue weighted by Gasteiger charge is 2.08. The van der Waals surface area contributed by atoms with Gasteiger partial charge in [-0.2, -0.15) is 0 Å². The topological polar surface area (TPSA) is 61.3 Å². The fourth-order valence-electron chi connectivity index (χ4n) is 1.59. The van der Waals surface area contributed by atoms with Crippen LogP contribution in [0, 0.1) is 0 Å². The monoisotopic (exact) mass is 298 g/mol. The van der Waals surface area contributed by atoms with Crippen molar-refractivity contribution in [2.24, 2.45) is 0 Å². The van der Waals surface area contributed by atoms with Crippen LogP contribution >= 0.6 is 11.3 Å². The Morgan fingerprint density at radius 3 is 2.52 bits per heavy atom. The van der Waals surface area contributed by atoms with Gasteiger partial charge in [-0.15, -0.1) is 0 Å². The van der Waals surface area contributed by atoms with Gasteiger partial charge >= 0.3 is 5.97 Å². The van der Waals surface area contributed by atoms with Gasteiger partial charge in [0, 0.05) is 24.0 Å². The number of esters is 1. The van der Waals surface area contributed by atoms with Crippen LogP contribution in [0.2, 0.25) is 0 Å². The summed E-state index contributed by atoms with van der Waals surface area (Å²) < 4.78 is 10.8. The molecule has 0 radical (unpaired) electrons. The predicted molar refractivity (Wildman–Crippen MR) is 77.8 cm³/mol. The van der Waals surface area contributed by atoms with Crippen LogP contribution < -0.4 is 9.47 Å². The summed E-state index contributed by atoms with van der Waals surface area (Å²) in [5, 5.41) is 2.40. The normalized spacial score (nSPS) is 10.1. The molecule has 0 saturated heterocycles. The van der Waals surface area contributed by atoms with E-state index in [1.807, 2.05) is 5.38 Å². The van der Waals surface area contributed by atoms with Gasteiger partial charge in [0.25, 0.3) is 5.19 Å². The second-order valence-corrected chi connectivity index (χ2v) is 4.86. The maximum Gasteiger partial charge on any atom is 0.345 e. The van der Waals surface area contributed by atoms with Crippen molar-refractivity contribution >= 4 is 17.3 Å². The third kappa shape index (κ3) is 3.43. The summed E-state index contributed by atoms with van der Waals surface area (Å²) in [6, 6.07) is 10.1. The molecular formula is C15H10N2O3S. The van der Waals surface area contributed by atoms with E-state index < -0.39 is 5.97 Å². The molecule has 21 heavy (non-hydrogen) atoms. The Morgan fingerprint density at radius 2 is 1.86 bits per heavy atom. The molecule has 3 aromatic rings. The van der Waals surface area contributed by atoms with Crippen molar-refractivity contribution in [3.63, 3.8) is 0 Å². The lowest BCUT2D eigenvalue weighted by molar-refractivity contribution is 0.0734. The van der Waals surface area contributed by atoms with Gasteiger partial charge in [-0.3, -0.25) is 4.98 Å². The number of rotatable bonds is 4. The summed E-state index contributed by atoms with van der Waals surface area (Å²) in [5.74, 6) is 0.623. The molecule has 0 atom stereocenters. The zero-order valence-electron chi connectivity index (χ0n) is 10.8. The van der Waals surface area contributed by atoms with E-state index in [0.29, 0.717) is 22.3 Å². The van der Waals surface area contributed by atoms with E-state index in [-0.39, 0.29) is 0 Å². The Bertz CT molecular complexity index is 712. The van der Waals surface area contributed by atoms with E-state index >= 15 is 0 Å². The van der Waals surface area contributed by atoms with E-state index in [1.165, 1.54) is 17.5 Å². The summed E-state index contributed by atoms with van der Waals surface area (Å²) in [6.45, 7) is 0. The zero-order chi connectivity index (χ0) is 14.5. The third-order valence-corrected chi connectivity index (χ3v) is 3.19. The first-order chi connectivity index (χ1) is 10.3. The molecule has 6 heteroatoms. The average molecular weight is 298 g/mol. The number of ether oxygens (including phenoxy) is 2. The van der Waals surface area contributed by atoms with Crippen molar-refractivity contribution in [1.29, 1.82) is 0 Å². The number of hydrogen-bond donors (Lipinski definition) is 0. The SMILES string of the molecule is O=C(Oc1ccc(Oc2nccs2)cc1)c1cccnc1. The first kappa shape index (κ1) is 13.3. The molecule has 0 aliphatic carbocycles. The Kier molecular flexibility index (Phi) is 3.88. The summed E-state index contributed by atoms with van der Waals surface area (Å²) in [6.07, 6.45) is 4.73. The highest BCUT2D eigenvalue weighted by molar-refractivity contribution is 7.11. The summed E-state index contributed by atoms with van der Waals surface area (Å²) in [5.41, 5.74) is 0.403. The summed E-state index contributed by atoms with van der Waals surface area (Å²) >= 11 is 1.40. The number of hydrogen-bond acceptors (Lipinski definition) is 6. The van der Waals surface area contributed by atoms with Crippen molar-refractivity contribution in [2.45, 2.75) is 0 Å². The molecule has 0 unspecified atom stereocenters. The van der Waals surface area contributed by atoms with Crippen LogP contribution in [0.4, 0.5) is 0 Å². The molecule has 104 valence electrons. The minimum absolute atomic E-state index is 0.403. The lowest BCUT2D eigenvalue weighted by atomic mass is 10.3. The number of carbonyl (C=O) groups excluding carboxylic acids is 1. The van der Waals surface area contributed by atoms with Crippen LogP contribution in [0.15, 0.2) is 60.4 Å². The molecular weight excluding hydrogens is 288 g/mol. The number of aromatic nitrogens is 2. The second kappa shape index (κ2) is 6.15. The molecule has 0 N–H and O–H groups in total. The van der Waals surface area contributed by atoms with Gasteiger partial charge in [-0.25, -0.2) is 9.78 Å². The Balaban J connectivity index is 1.66. The largest absolute Gasteiger partial charge is 0.431 e. The Labute approximate surface area is 124 Å². The maximum atomic E-state index is 11.9. The second-order valence-electron chi connectivity index (χ2n) is 4.00. The third-order valence-electron chi connectivity index (χ3n) is 2.55. The lowest BCUT2D eigenvalue weighted by Gasteiger charge is -2.05. The quantitative estimate of drug-likeness (QED) is 0.544. The molecule has 0 spiro atoms. The standard InChI is InChI=1S/C15H10N2O3S/c18-14(11-2-1-7-16-10-11)19-12-3-5-13(6-4-12)20-15-17-8-9-21-15/h1-10H. The molecule has 0 aliphatic heterocycles. The summed E-state index contributed by atoms with van der Waals surface area (Å²) in [7, 11) is 0. The number of nitrogens with zero attached hydrogens (tertiary/aromatic N) is 2. The van der Waals surface area contributed by atoms with Crippen LogP contribution in [-0.4, -0.2) is 15.9 Å². The van der Waals surface area contributed by atoms with Gasteiger partial charge in [0.2, 0.25) is 0 Å². The van der Waals surface area contributed by atoms with Gasteiger partial charge in [0.15, 0.2) is 0 Å². The van der Waals surface area contributed by atoms with Crippen molar-refractivity contribution in [3.8, 4) is 16.7 Å². The van der Waals surface area contributed by atoms with Crippen LogP contribution in [-0.2, 0) is 0 Å². The number of pyridine rings is 1. The van der Waals surface area contributed by atoms with Gasteiger partial charge in [-0.05, 0) is 36.4 Å². The number of benzene rings is 1. The molecule has 2 heterocycles. The predicted octanol–water partition coefficient (Wildman–Crippen LogP) is 3.55. The van der Waals surface area contributed by atoms with E-state index in [1.54, 1.807) is 48.8 Å². The van der Waals surface area contributed by atoms with Crippen LogP contribution in [0.3, 0.4) is 0 Å². The molecule has 2 aromatic heterocycles. The van der Waals surface area contributed by atoms with E-state index in [2.05, 4.69) is 9.97 Å². The van der Waals surface area contributed by atoms with Crippen molar-refractivity contribution < 1.29 is 14.3 Å². The molecule has 0 aliphatic rings. The molecule has 0 bridgehead atoms. The molecule has 5 nitrogen and oxygen atoms in total. The highest BCUT2D eigenvalue weighted by atomic mass is 32.1. The van der Waals surface area contributed by atoms with Crippen LogP contribution in [0.1, 0.15) is 10.4 Å². The fraction of sp³-hybridized carbons (Fsp3) is 0. The van der Waals surface area contributed by atoms with Crippen LogP contribution in [0.25, 0.3) is 0 Å². The van der Waals surface area contributed by atoms with Gasteiger partial charge in [-0.1, -0.05) is 11.3 Å². The first-order valence-electron chi connectivity index (χ1n) is 6.11. The molecule has 3 rings (SSSR count). The molecule has 0 saturated carbocycles. The van der Waals surface area contributed by atoms with Crippen molar-refractivity contribution in [3.05, 3.63) is 65.9 Å². The Morgan fingerprint density at radius 1 is 1.05 bits per heavy atom. The molecule has 0 fully saturated rings. The fourth-order valence-corrected chi connectivity index (χ4v) is 2.09. The smallest absolute Gasteiger partial charge is 0.345 e. The van der Waals surface area contributed by atoms with Crippen molar-refractivity contribution in [1.82, 2.24) is 9.97 Å². The number of carbonyl (C=O) groups is 1. The lowest BCUT2D eigenvalue weighted by Crippen LogP contribution is -2.08. The van der Waals surface area contributed by atoms with Gasteiger partial charge in [0.1, 0.15) is 11.5 Å². The average Bonchev–Trinajstić information content (AvgIpc) is 3.03. The Hall–Kier alpha value is -2.73. The first-order valence-corrected chi connectivity index (χ1v) is 6.99. The highest BCUT2D eigenvalue weighted by Crippen LogP contribution is 2.25. The molecule has 1 aromatic carbocycles. The van der Waals surface area contributed by atoms with Crippen LogP contribution in [0.5, 0.6) is 16.7 Å². The van der Waals surface area contributed by atoms with E-state index in [0.717, 1.165) is 0 Å².